The summed E-state index contributed by atoms with van der Waals surface area (Å²) in [4.78, 5) is 7.29. The maximum atomic E-state index is 13.3. The van der Waals surface area contributed by atoms with Crippen LogP contribution in [0.25, 0.3) is 0 Å². The average Bonchev–Trinajstić information content (AvgIpc) is 2.27. The van der Waals surface area contributed by atoms with E-state index in [0.717, 1.165) is 15.5 Å². The van der Waals surface area contributed by atoms with E-state index in [0.29, 0.717) is 0 Å². The highest BCUT2D eigenvalue weighted by atomic mass is 127. The molecule has 0 atom stereocenters. The van der Waals surface area contributed by atoms with E-state index >= 15 is 0 Å². The molecule has 2 aromatic rings. The normalized spacial score (nSPS) is 10.2. The maximum Gasteiger partial charge on any atom is 0.224 e. The van der Waals surface area contributed by atoms with Gasteiger partial charge in [-0.25, -0.2) is 9.37 Å². The van der Waals surface area contributed by atoms with Crippen molar-refractivity contribution < 1.29 is 4.39 Å². The Morgan fingerprint density at radius 3 is 2.62 bits per heavy atom. The molecule has 16 heavy (non-hydrogen) atoms. The zero-order valence-corrected chi connectivity index (χ0v) is 10.8. The van der Waals surface area contributed by atoms with E-state index in [1.54, 1.807) is 0 Å². The molecule has 1 aromatic carbocycles. The van der Waals surface area contributed by atoms with Crippen molar-refractivity contribution in [1.82, 2.24) is 9.97 Å². The van der Waals surface area contributed by atoms with E-state index in [1.165, 1.54) is 0 Å². The molecule has 0 fully saturated rings. The van der Waals surface area contributed by atoms with Gasteiger partial charge in [0.1, 0.15) is 0 Å². The van der Waals surface area contributed by atoms with Crippen LogP contribution in [0.3, 0.4) is 0 Å². The van der Waals surface area contributed by atoms with E-state index in [2.05, 4.69) is 37.9 Å². The van der Waals surface area contributed by atoms with Crippen molar-refractivity contribution in [3.8, 4) is 0 Å². The maximum absolute atomic E-state index is 13.3. The highest BCUT2D eigenvalue weighted by Crippen LogP contribution is 2.19. The topological polar surface area (TPSA) is 37.8 Å². The molecular weight excluding hydrogens is 343 g/mol. The van der Waals surface area contributed by atoms with Gasteiger partial charge in [0.2, 0.25) is 5.28 Å². The number of hydrogen-bond donors (Lipinski definition) is 1. The Balaban J connectivity index is 2.26. The lowest BCUT2D eigenvalue weighted by molar-refractivity contribution is 0.619. The first-order chi connectivity index (χ1) is 7.65. The molecule has 0 radical (unpaired) electrons. The number of benzene rings is 1. The largest absolute Gasteiger partial charge is 0.338 e. The number of hydrogen-bond acceptors (Lipinski definition) is 3. The van der Waals surface area contributed by atoms with Crippen LogP contribution in [0.15, 0.2) is 30.5 Å². The van der Waals surface area contributed by atoms with Crippen LogP contribution in [-0.2, 0) is 0 Å². The SMILES string of the molecule is Fc1cnc(Cl)nc1Nc1ccc(I)cc1. The van der Waals surface area contributed by atoms with Crippen LogP contribution in [0.2, 0.25) is 5.28 Å². The number of rotatable bonds is 2. The third-order valence-corrected chi connectivity index (χ3v) is 2.72. The summed E-state index contributed by atoms with van der Waals surface area (Å²) < 4.78 is 14.4. The van der Waals surface area contributed by atoms with E-state index in [-0.39, 0.29) is 11.1 Å². The fraction of sp³-hybridized carbons (Fsp3) is 0. The number of aromatic nitrogens is 2. The Morgan fingerprint density at radius 2 is 1.94 bits per heavy atom. The summed E-state index contributed by atoms with van der Waals surface area (Å²) in [6.07, 6.45) is 1.03. The molecule has 0 unspecified atom stereocenters. The Morgan fingerprint density at radius 1 is 1.25 bits per heavy atom. The van der Waals surface area contributed by atoms with Crippen LogP contribution in [0, 0.1) is 9.39 Å². The summed E-state index contributed by atoms with van der Waals surface area (Å²) in [7, 11) is 0. The van der Waals surface area contributed by atoms with Crippen molar-refractivity contribution in [3.63, 3.8) is 0 Å². The van der Waals surface area contributed by atoms with Gasteiger partial charge in [0, 0.05) is 9.26 Å². The molecule has 0 saturated carbocycles. The molecule has 3 nitrogen and oxygen atoms in total. The van der Waals surface area contributed by atoms with Gasteiger partial charge in [-0.15, -0.1) is 0 Å². The summed E-state index contributed by atoms with van der Waals surface area (Å²) in [6.45, 7) is 0. The molecule has 6 heteroatoms. The summed E-state index contributed by atoms with van der Waals surface area (Å²) in [6, 6.07) is 7.47. The minimum Gasteiger partial charge on any atom is -0.338 e. The van der Waals surface area contributed by atoms with Gasteiger partial charge in [-0.2, -0.15) is 4.98 Å². The van der Waals surface area contributed by atoms with Gasteiger partial charge in [0.25, 0.3) is 0 Å². The van der Waals surface area contributed by atoms with Crippen molar-refractivity contribution in [2.75, 3.05) is 5.32 Å². The first-order valence-electron chi connectivity index (χ1n) is 4.36. The van der Waals surface area contributed by atoms with Crippen molar-refractivity contribution in [3.05, 3.63) is 45.1 Å². The molecule has 82 valence electrons. The Hall–Kier alpha value is -0.950. The third kappa shape index (κ3) is 2.79. The lowest BCUT2D eigenvalue weighted by Crippen LogP contribution is -1.98. The van der Waals surface area contributed by atoms with Crippen molar-refractivity contribution in [2.24, 2.45) is 0 Å². The quantitative estimate of drug-likeness (QED) is 0.665. The first kappa shape index (κ1) is 11.5. The van der Waals surface area contributed by atoms with Crippen LogP contribution >= 0.6 is 34.2 Å². The highest BCUT2D eigenvalue weighted by molar-refractivity contribution is 14.1. The lowest BCUT2D eigenvalue weighted by Gasteiger charge is -2.06. The van der Waals surface area contributed by atoms with Gasteiger partial charge in [0.05, 0.1) is 6.20 Å². The molecule has 2 rings (SSSR count). The number of anilines is 2. The molecule has 0 aliphatic carbocycles. The van der Waals surface area contributed by atoms with Crippen molar-refractivity contribution in [2.45, 2.75) is 0 Å². The molecule has 0 bridgehead atoms. The minimum absolute atomic E-state index is 0.00871. The predicted octanol–water partition coefficient (Wildman–Crippen LogP) is 3.62. The summed E-state index contributed by atoms with van der Waals surface area (Å²) in [5, 5.41) is 2.84. The van der Waals surface area contributed by atoms with Crippen molar-refractivity contribution >= 4 is 45.7 Å². The zero-order chi connectivity index (χ0) is 11.5. The summed E-state index contributed by atoms with van der Waals surface area (Å²) in [5.74, 6) is -0.468. The van der Waals surface area contributed by atoms with E-state index in [1.807, 2.05) is 24.3 Å². The van der Waals surface area contributed by atoms with Gasteiger partial charge < -0.3 is 5.32 Å². The average molecular weight is 350 g/mol. The monoisotopic (exact) mass is 349 g/mol. The zero-order valence-electron chi connectivity index (χ0n) is 7.92. The van der Waals surface area contributed by atoms with Gasteiger partial charge >= 0.3 is 0 Å². The molecule has 1 N–H and O–H groups in total. The van der Waals surface area contributed by atoms with Crippen LogP contribution < -0.4 is 5.32 Å². The smallest absolute Gasteiger partial charge is 0.224 e. The Labute approximate surface area is 110 Å². The fourth-order valence-electron chi connectivity index (χ4n) is 1.10. The van der Waals surface area contributed by atoms with Gasteiger partial charge in [-0.3, -0.25) is 0 Å². The van der Waals surface area contributed by atoms with E-state index in [4.69, 9.17) is 11.6 Å². The Bertz CT molecular complexity index is 504. The van der Waals surface area contributed by atoms with E-state index < -0.39 is 5.82 Å². The summed E-state index contributed by atoms with van der Waals surface area (Å²) in [5.41, 5.74) is 0.745. The molecule has 0 amide bonds. The van der Waals surface area contributed by atoms with Gasteiger partial charge in [-0.1, -0.05) is 0 Å². The third-order valence-electron chi connectivity index (χ3n) is 1.82. The van der Waals surface area contributed by atoms with Crippen LogP contribution in [0.1, 0.15) is 0 Å². The van der Waals surface area contributed by atoms with Crippen LogP contribution in [0.4, 0.5) is 15.9 Å². The predicted molar refractivity (Wildman–Crippen MR) is 69.4 cm³/mol. The molecule has 1 heterocycles. The number of nitrogens with zero attached hydrogens (tertiary/aromatic N) is 2. The number of halogens is 3. The van der Waals surface area contributed by atoms with Gasteiger partial charge in [-0.05, 0) is 58.5 Å². The van der Waals surface area contributed by atoms with Crippen molar-refractivity contribution in [1.29, 1.82) is 0 Å². The molecule has 0 aliphatic rings. The molecule has 0 spiro atoms. The summed E-state index contributed by atoms with van der Waals surface area (Å²) >= 11 is 7.77. The second-order valence-corrected chi connectivity index (χ2v) is 4.55. The second-order valence-electron chi connectivity index (χ2n) is 2.97. The molecule has 0 saturated heterocycles. The standard InChI is InChI=1S/C10H6ClFIN3/c11-10-14-5-8(12)9(16-10)15-7-3-1-6(13)2-4-7/h1-5H,(H,14,15,16). The molecule has 0 aliphatic heterocycles. The second kappa shape index (κ2) is 4.92. The Kier molecular flexibility index (Phi) is 3.55. The van der Waals surface area contributed by atoms with Crippen LogP contribution in [0.5, 0.6) is 0 Å². The molecule has 1 aromatic heterocycles. The van der Waals surface area contributed by atoms with E-state index in [9.17, 15) is 4.39 Å². The van der Waals surface area contributed by atoms with Gasteiger partial charge in [0.15, 0.2) is 11.6 Å². The lowest BCUT2D eigenvalue weighted by atomic mass is 10.3. The highest BCUT2D eigenvalue weighted by Gasteiger charge is 2.05. The van der Waals surface area contributed by atoms with Crippen LogP contribution in [-0.4, -0.2) is 9.97 Å². The minimum atomic E-state index is -0.539. The number of nitrogens with one attached hydrogen (secondary N) is 1. The fourth-order valence-corrected chi connectivity index (χ4v) is 1.60. The first-order valence-corrected chi connectivity index (χ1v) is 5.81. The molecular formula is C10H6ClFIN3.